The molecule has 0 N–H and O–H groups in total. The van der Waals surface area contributed by atoms with Gasteiger partial charge in [0.25, 0.3) is 0 Å². The molecule has 1 atom stereocenters. The van der Waals surface area contributed by atoms with Gasteiger partial charge in [0, 0.05) is 6.54 Å². The molecule has 3 nitrogen and oxygen atoms in total. The van der Waals surface area contributed by atoms with Gasteiger partial charge in [0.05, 0.1) is 0 Å². The third-order valence-electron chi connectivity index (χ3n) is 2.57. The highest BCUT2D eigenvalue weighted by molar-refractivity contribution is 5.78. The van der Waals surface area contributed by atoms with E-state index in [1.165, 1.54) is 0 Å². The van der Waals surface area contributed by atoms with E-state index in [1.54, 1.807) is 0 Å². The standard InChI is InChI=1S/C8H13NO2/c1-8(2)9-5-3-4-6(9)7(10)11-8/h6H,3-5H2,1-2H3/t6-/m0/s1. The van der Waals surface area contributed by atoms with E-state index in [4.69, 9.17) is 4.74 Å². The Kier molecular flexibility index (Phi) is 1.27. The maximum Gasteiger partial charge on any atom is 0.325 e. The zero-order valence-corrected chi connectivity index (χ0v) is 6.96. The molecule has 0 aromatic carbocycles. The first kappa shape index (κ1) is 7.10. The minimum Gasteiger partial charge on any atom is -0.443 e. The van der Waals surface area contributed by atoms with E-state index in [1.807, 2.05) is 13.8 Å². The number of carbonyl (C=O) groups is 1. The molecule has 0 aromatic heterocycles. The minimum absolute atomic E-state index is 0.0347. The first-order valence-electron chi connectivity index (χ1n) is 4.11. The van der Waals surface area contributed by atoms with Crippen LogP contribution in [0.5, 0.6) is 0 Å². The van der Waals surface area contributed by atoms with Crippen molar-refractivity contribution in [2.45, 2.75) is 38.5 Å². The lowest BCUT2D eigenvalue weighted by Crippen LogP contribution is -2.40. The summed E-state index contributed by atoms with van der Waals surface area (Å²) in [6.07, 6.45) is 2.10. The highest BCUT2D eigenvalue weighted by atomic mass is 16.6. The van der Waals surface area contributed by atoms with Crippen LogP contribution in [-0.4, -0.2) is 29.2 Å². The van der Waals surface area contributed by atoms with Gasteiger partial charge in [0.1, 0.15) is 6.04 Å². The predicted molar refractivity (Wildman–Crippen MR) is 39.9 cm³/mol. The van der Waals surface area contributed by atoms with Gasteiger partial charge in [-0.15, -0.1) is 0 Å². The van der Waals surface area contributed by atoms with E-state index in [-0.39, 0.29) is 17.7 Å². The molecule has 0 bridgehead atoms. The Labute approximate surface area is 66.3 Å². The summed E-state index contributed by atoms with van der Waals surface area (Å²) in [5.41, 5.74) is -0.349. The second-order valence-electron chi connectivity index (χ2n) is 3.72. The number of hydrogen-bond acceptors (Lipinski definition) is 3. The normalized spacial score (nSPS) is 35.5. The summed E-state index contributed by atoms with van der Waals surface area (Å²) in [6, 6.07) is 0.0602. The molecule has 62 valence electrons. The molecule has 2 rings (SSSR count). The van der Waals surface area contributed by atoms with Gasteiger partial charge >= 0.3 is 5.97 Å². The van der Waals surface area contributed by atoms with Gasteiger partial charge in [-0.25, -0.2) is 0 Å². The van der Waals surface area contributed by atoms with Crippen LogP contribution in [0.2, 0.25) is 0 Å². The second kappa shape index (κ2) is 1.97. The van der Waals surface area contributed by atoms with Gasteiger partial charge in [-0.1, -0.05) is 0 Å². The molecule has 0 spiro atoms. The number of cyclic esters (lactones) is 1. The molecule has 0 saturated carbocycles. The molecule has 2 heterocycles. The van der Waals surface area contributed by atoms with Crippen molar-refractivity contribution in [2.24, 2.45) is 0 Å². The Hall–Kier alpha value is -0.570. The van der Waals surface area contributed by atoms with Gasteiger partial charge in [-0.05, 0) is 26.7 Å². The Morgan fingerprint density at radius 3 is 3.00 bits per heavy atom. The van der Waals surface area contributed by atoms with E-state index >= 15 is 0 Å². The highest BCUT2D eigenvalue weighted by Gasteiger charge is 2.49. The van der Waals surface area contributed by atoms with Crippen molar-refractivity contribution in [1.29, 1.82) is 0 Å². The lowest BCUT2D eigenvalue weighted by atomic mass is 10.2. The lowest BCUT2D eigenvalue weighted by molar-refractivity contribution is -0.150. The van der Waals surface area contributed by atoms with E-state index < -0.39 is 0 Å². The van der Waals surface area contributed by atoms with Crippen molar-refractivity contribution in [1.82, 2.24) is 4.90 Å². The van der Waals surface area contributed by atoms with Crippen LogP contribution < -0.4 is 0 Å². The van der Waals surface area contributed by atoms with Crippen molar-refractivity contribution in [2.75, 3.05) is 6.54 Å². The fourth-order valence-corrected chi connectivity index (χ4v) is 2.03. The molecular formula is C8H13NO2. The Balaban J connectivity index is 2.27. The fraction of sp³-hybridized carbons (Fsp3) is 0.875. The fourth-order valence-electron chi connectivity index (χ4n) is 2.03. The van der Waals surface area contributed by atoms with Crippen LogP contribution in [0.3, 0.4) is 0 Å². The Bertz CT molecular complexity index is 200. The summed E-state index contributed by atoms with van der Waals surface area (Å²) >= 11 is 0. The summed E-state index contributed by atoms with van der Waals surface area (Å²) in [5.74, 6) is -0.0347. The van der Waals surface area contributed by atoms with Crippen LogP contribution >= 0.6 is 0 Å². The smallest absolute Gasteiger partial charge is 0.325 e. The van der Waals surface area contributed by atoms with Crippen LogP contribution in [0.4, 0.5) is 0 Å². The van der Waals surface area contributed by atoms with Gasteiger partial charge in [-0.3, -0.25) is 9.69 Å². The maximum atomic E-state index is 11.2. The van der Waals surface area contributed by atoms with Crippen LogP contribution in [0.25, 0.3) is 0 Å². The van der Waals surface area contributed by atoms with Crippen molar-refractivity contribution in [3.8, 4) is 0 Å². The number of ether oxygens (including phenoxy) is 1. The van der Waals surface area contributed by atoms with Gasteiger partial charge in [0.15, 0.2) is 5.72 Å². The third-order valence-corrected chi connectivity index (χ3v) is 2.57. The van der Waals surface area contributed by atoms with Crippen molar-refractivity contribution < 1.29 is 9.53 Å². The number of carbonyl (C=O) groups excluding carboxylic acids is 1. The van der Waals surface area contributed by atoms with E-state index in [0.717, 1.165) is 19.4 Å². The molecule has 0 aromatic rings. The molecule has 11 heavy (non-hydrogen) atoms. The monoisotopic (exact) mass is 155 g/mol. The Morgan fingerprint density at radius 2 is 2.36 bits per heavy atom. The molecule has 2 fully saturated rings. The molecule has 3 heteroatoms. The molecule has 2 saturated heterocycles. The maximum absolute atomic E-state index is 11.2. The average molecular weight is 155 g/mol. The Morgan fingerprint density at radius 1 is 1.64 bits per heavy atom. The summed E-state index contributed by atoms with van der Waals surface area (Å²) in [6.45, 7) is 4.91. The van der Waals surface area contributed by atoms with Crippen molar-refractivity contribution in [3.05, 3.63) is 0 Å². The minimum atomic E-state index is -0.349. The van der Waals surface area contributed by atoms with Gasteiger partial charge in [0.2, 0.25) is 0 Å². The summed E-state index contributed by atoms with van der Waals surface area (Å²) < 4.78 is 5.20. The zero-order chi connectivity index (χ0) is 8.06. The topological polar surface area (TPSA) is 29.5 Å². The van der Waals surface area contributed by atoms with E-state index in [9.17, 15) is 4.79 Å². The van der Waals surface area contributed by atoms with Crippen molar-refractivity contribution in [3.63, 3.8) is 0 Å². The van der Waals surface area contributed by atoms with E-state index in [0.29, 0.717) is 0 Å². The number of hydrogen-bond donors (Lipinski definition) is 0. The summed E-state index contributed by atoms with van der Waals surface area (Å²) in [7, 11) is 0. The quantitative estimate of drug-likeness (QED) is 0.483. The predicted octanol–water partition coefficient (Wildman–Crippen LogP) is 0.744. The third kappa shape index (κ3) is 0.872. The zero-order valence-electron chi connectivity index (χ0n) is 6.96. The second-order valence-corrected chi connectivity index (χ2v) is 3.72. The highest BCUT2D eigenvalue weighted by Crippen LogP contribution is 2.34. The molecule has 0 amide bonds. The van der Waals surface area contributed by atoms with Crippen LogP contribution in [0, 0.1) is 0 Å². The lowest BCUT2D eigenvalue weighted by Gasteiger charge is -2.26. The molecule has 0 unspecified atom stereocenters. The summed E-state index contributed by atoms with van der Waals surface area (Å²) in [5, 5.41) is 0. The molecule has 0 aliphatic carbocycles. The first-order chi connectivity index (χ1) is 5.11. The summed E-state index contributed by atoms with van der Waals surface area (Å²) in [4.78, 5) is 13.4. The van der Waals surface area contributed by atoms with Gasteiger partial charge in [-0.2, -0.15) is 0 Å². The van der Waals surface area contributed by atoms with Crippen LogP contribution in [0.1, 0.15) is 26.7 Å². The largest absolute Gasteiger partial charge is 0.443 e. The number of rotatable bonds is 0. The SMILES string of the molecule is CC1(C)OC(=O)[C@@H]2CCCN21. The average Bonchev–Trinajstić information content (AvgIpc) is 2.37. The van der Waals surface area contributed by atoms with Crippen LogP contribution in [-0.2, 0) is 9.53 Å². The number of esters is 1. The molecular weight excluding hydrogens is 142 g/mol. The first-order valence-corrected chi connectivity index (χ1v) is 4.11. The number of nitrogens with zero attached hydrogens (tertiary/aromatic N) is 1. The van der Waals surface area contributed by atoms with Crippen LogP contribution in [0.15, 0.2) is 0 Å². The molecule has 2 aliphatic heterocycles. The molecule has 2 aliphatic rings. The van der Waals surface area contributed by atoms with Gasteiger partial charge < -0.3 is 4.74 Å². The number of fused-ring (bicyclic) bond motifs is 1. The van der Waals surface area contributed by atoms with Crippen molar-refractivity contribution >= 4 is 5.97 Å². The molecule has 0 radical (unpaired) electrons. The van der Waals surface area contributed by atoms with E-state index in [2.05, 4.69) is 4.90 Å².